The SMILES string of the molecule is CC(C)CCNC(=O)c1cncc(C(=O)Nc2ccc3c(c2)OCO3)c1. The number of fused-ring (bicyclic) bond motifs is 1. The molecule has 2 aromatic rings. The second-order valence-electron chi connectivity index (χ2n) is 6.42. The number of amides is 2. The maximum atomic E-state index is 12.4. The Labute approximate surface area is 151 Å². The number of anilines is 1. The third-order valence-corrected chi connectivity index (χ3v) is 3.90. The zero-order chi connectivity index (χ0) is 18.5. The van der Waals surface area contributed by atoms with Gasteiger partial charge in [0.25, 0.3) is 11.8 Å². The molecule has 0 aliphatic carbocycles. The maximum absolute atomic E-state index is 12.4. The predicted octanol–water partition coefficient (Wildman–Crippen LogP) is 2.84. The number of aromatic nitrogens is 1. The molecule has 1 aromatic heterocycles. The van der Waals surface area contributed by atoms with Gasteiger partial charge in [0.15, 0.2) is 11.5 Å². The van der Waals surface area contributed by atoms with Gasteiger partial charge in [0, 0.05) is 30.7 Å². The molecule has 136 valence electrons. The maximum Gasteiger partial charge on any atom is 0.257 e. The highest BCUT2D eigenvalue weighted by atomic mass is 16.7. The number of ether oxygens (including phenoxy) is 2. The first-order valence-corrected chi connectivity index (χ1v) is 8.47. The lowest BCUT2D eigenvalue weighted by atomic mass is 10.1. The Bertz CT molecular complexity index is 820. The molecule has 0 radical (unpaired) electrons. The number of carbonyl (C=O) groups is 2. The van der Waals surface area contributed by atoms with Crippen molar-refractivity contribution in [1.29, 1.82) is 0 Å². The predicted molar refractivity (Wildman–Crippen MR) is 96.5 cm³/mol. The first-order valence-electron chi connectivity index (χ1n) is 8.47. The van der Waals surface area contributed by atoms with Gasteiger partial charge in [0.05, 0.1) is 11.1 Å². The summed E-state index contributed by atoms with van der Waals surface area (Å²) >= 11 is 0. The van der Waals surface area contributed by atoms with Crippen molar-refractivity contribution in [3.8, 4) is 11.5 Å². The molecule has 7 nitrogen and oxygen atoms in total. The highest BCUT2D eigenvalue weighted by Crippen LogP contribution is 2.34. The lowest BCUT2D eigenvalue weighted by Gasteiger charge is -2.09. The number of rotatable bonds is 6. The lowest BCUT2D eigenvalue weighted by molar-refractivity contribution is 0.0951. The van der Waals surface area contributed by atoms with Crippen LogP contribution in [0, 0.1) is 5.92 Å². The zero-order valence-corrected chi connectivity index (χ0v) is 14.7. The van der Waals surface area contributed by atoms with Gasteiger partial charge < -0.3 is 20.1 Å². The topological polar surface area (TPSA) is 89.6 Å². The standard InChI is InChI=1S/C19H21N3O4/c1-12(2)5-6-21-18(23)13-7-14(10-20-9-13)19(24)22-15-3-4-16-17(8-15)26-11-25-16/h3-4,7-10,12H,5-6,11H2,1-2H3,(H,21,23)(H,22,24). The quantitative estimate of drug-likeness (QED) is 0.832. The first-order chi connectivity index (χ1) is 12.5. The summed E-state index contributed by atoms with van der Waals surface area (Å²) in [6, 6.07) is 6.67. The van der Waals surface area contributed by atoms with Crippen molar-refractivity contribution in [2.45, 2.75) is 20.3 Å². The minimum atomic E-state index is -0.354. The number of pyridine rings is 1. The molecule has 26 heavy (non-hydrogen) atoms. The molecule has 0 saturated heterocycles. The number of nitrogens with one attached hydrogen (secondary N) is 2. The Morgan fingerprint density at radius 1 is 1.08 bits per heavy atom. The molecule has 3 rings (SSSR count). The molecule has 0 fully saturated rings. The molecule has 0 unspecified atom stereocenters. The number of carbonyl (C=O) groups excluding carboxylic acids is 2. The van der Waals surface area contributed by atoms with Crippen LogP contribution in [-0.4, -0.2) is 30.1 Å². The third-order valence-electron chi connectivity index (χ3n) is 3.90. The van der Waals surface area contributed by atoms with E-state index in [-0.39, 0.29) is 18.6 Å². The zero-order valence-electron chi connectivity index (χ0n) is 14.7. The molecule has 0 saturated carbocycles. The van der Waals surface area contributed by atoms with Crippen LogP contribution in [-0.2, 0) is 0 Å². The van der Waals surface area contributed by atoms with Gasteiger partial charge in [-0.2, -0.15) is 0 Å². The van der Waals surface area contributed by atoms with Gasteiger partial charge in [0.1, 0.15) is 0 Å². The van der Waals surface area contributed by atoms with Gasteiger partial charge >= 0.3 is 0 Å². The van der Waals surface area contributed by atoms with Crippen LogP contribution in [0.4, 0.5) is 5.69 Å². The minimum absolute atomic E-state index is 0.171. The molecule has 0 atom stereocenters. The Balaban J connectivity index is 1.65. The van der Waals surface area contributed by atoms with Crippen LogP contribution in [0.25, 0.3) is 0 Å². The van der Waals surface area contributed by atoms with Crippen molar-refractivity contribution in [2.24, 2.45) is 5.92 Å². The van der Waals surface area contributed by atoms with Gasteiger partial charge in [-0.25, -0.2) is 0 Å². The molecular weight excluding hydrogens is 334 g/mol. The van der Waals surface area contributed by atoms with Crippen molar-refractivity contribution < 1.29 is 19.1 Å². The second kappa shape index (κ2) is 7.86. The van der Waals surface area contributed by atoms with Crippen LogP contribution in [0.1, 0.15) is 41.0 Å². The minimum Gasteiger partial charge on any atom is -0.454 e. The van der Waals surface area contributed by atoms with E-state index in [0.717, 1.165) is 6.42 Å². The summed E-state index contributed by atoms with van der Waals surface area (Å²) in [5.74, 6) is 1.14. The lowest BCUT2D eigenvalue weighted by Crippen LogP contribution is -2.26. The molecule has 2 heterocycles. The number of nitrogens with zero attached hydrogens (tertiary/aromatic N) is 1. The fraction of sp³-hybridized carbons (Fsp3) is 0.316. The molecule has 1 aliphatic rings. The molecule has 7 heteroatoms. The van der Waals surface area contributed by atoms with Gasteiger partial charge in [-0.1, -0.05) is 13.8 Å². The number of benzene rings is 1. The molecular formula is C19H21N3O4. The van der Waals surface area contributed by atoms with Gasteiger partial charge in [-0.05, 0) is 30.5 Å². The fourth-order valence-electron chi connectivity index (χ4n) is 2.44. The van der Waals surface area contributed by atoms with E-state index in [1.165, 1.54) is 18.5 Å². The average molecular weight is 355 g/mol. The third kappa shape index (κ3) is 4.30. The van der Waals surface area contributed by atoms with Gasteiger partial charge in [0.2, 0.25) is 6.79 Å². The summed E-state index contributed by atoms with van der Waals surface area (Å²) in [7, 11) is 0. The van der Waals surface area contributed by atoms with Crippen LogP contribution in [0.15, 0.2) is 36.7 Å². The smallest absolute Gasteiger partial charge is 0.257 e. The summed E-state index contributed by atoms with van der Waals surface area (Å²) in [6.07, 6.45) is 3.76. The van der Waals surface area contributed by atoms with Crippen molar-refractivity contribution in [2.75, 3.05) is 18.7 Å². The van der Waals surface area contributed by atoms with E-state index in [9.17, 15) is 9.59 Å². The van der Waals surface area contributed by atoms with E-state index in [1.807, 2.05) is 0 Å². The van der Waals surface area contributed by atoms with Crippen molar-refractivity contribution >= 4 is 17.5 Å². The van der Waals surface area contributed by atoms with E-state index in [0.29, 0.717) is 40.8 Å². The van der Waals surface area contributed by atoms with Gasteiger partial charge in [-0.15, -0.1) is 0 Å². The van der Waals surface area contributed by atoms with Gasteiger partial charge in [-0.3, -0.25) is 14.6 Å². The average Bonchev–Trinajstić information content (AvgIpc) is 3.09. The Morgan fingerprint density at radius 3 is 2.58 bits per heavy atom. The molecule has 1 aliphatic heterocycles. The van der Waals surface area contributed by atoms with E-state index < -0.39 is 0 Å². The molecule has 2 amide bonds. The molecule has 0 spiro atoms. The van der Waals surface area contributed by atoms with Crippen LogP contribution in [0.2, 0.25) is 0 Å². The summed E-state index contributed by atoms with van der Waals surface area (Å²) in [5, 5.41) is 5.60. The number of hydrogen-bond acceptors (Lipinski definition) is 5. The van der Waals surface area contributed by atoms with Crippen LogP contribution < -0.4 is 20.1 Å². The molecule has 0 bridgehead atoms. The van der Waals surface area contributed by atoms with E-state index >= 15 is 0 Å². The summed E-state index contributed by atoms with van der Waals surface area (Å²) in [4.78, 5) is 28.6. The number of hydrogen-bond donors (Lipinski definition) is 2. The van der Waals surface area contributed by atoms with Crippen LogP contribution in [0.3, 0.4) is 0 Å². The van der Waals surface area contributed by atoms with E-state index in [4.69, 9.17) is 9.47 Å². The van der Waals surface area contributed by atoms with E-state index in [2.05, 4.69) is 29.5 Å². The van der Waals surface area contributed by atoms with Crippen molar-refractivity contribution in [3.05, 3.63) is 47.8 Å². The summed E-state index contributed by atoms with van der Waals surface area (Å²) in [5.41, 5.74) is 1.23. The first kappa shape index (κ1) is 17.7. The normalized spacial score (nSPS) is 12.1. The molecule has 1 aromatic carbocycles. The Hall–Kier alpha value is -3.09. The Kier molecular flexibility index (Phi) is 5.36. The highest BCUT2D eigenvalue weighted by molar-refractivity contribution is 6.06. The van der Waals surface area contributed by atoms with Crippen molar-refractivity contribution in [1.82, 2.24) is 10.3 Å². The monoisotopic (exact) mass is 355 g/mol. The molecule has 2 N–H and O–H groups in total. The second-order valence-corrected chi connectivity index (χ2v) is 6.42. The van der Waals surface area contributed by atoms with Crippen LogP contribution in [0.5, 0.6) is 11.5 Å². The summed E-state index contributed by atoms with van der Waals surface area (Å²) < 4.78 is 10.5. The van der Waals surface area contributed by atoms with Crippen LogP contribution >= 0.6 is 0 Å². The largest absolute Gasteiger partial charge is 0.454 e. The van der Waals surface area contributed by atoms with E-state index in [1.54, 1.807) is 18.2 Å². The van der Waals surface area contributed by atoms with Crippen molar-refractivity contribution in [3.63, 3.8) is 0 Å². The summed E-state index contributed by atoms with van der Waals surface area (Å²) in [6.45, 7) is 4.94. The highest BCUT2D eigenvalue weighted by Gasteiger charge is 2.16. The fourth-order valence-corrected chi connectivity index (χ4v) is 2.44. The Morgan fingerprint density at radius 2 is 1.81 bits per heavy atom.